The van der Waals surface area contributed by atoms with E-state index in [0.29, 0.717) is 11.3 Å². The maximum atomic E-state index is 12.4. The van der Waals surface area contributed by atoms with Crippen LogP contribution >= 0.6 is 0 Å². The van der Waals surface area contributed by atoms with Gasteiger partial charge in [-0.1, -0.05) is 0 Å². The lowest BCUT2D eigenvalue weighted by Crippen LogP contribution is -2.43. The van der Waals surface area contributed by atoms with Gasteiger partial charge in [0.25, 0.3) is 0 Å². The van der Waals surface area contributed by atoms with E-state index in [1.54, 1.807) is 43.6 Å². The third kappa shape index (κ3) is 1.90. The summed E-state index contributed by atoms with van der Waals surface area (Å²) < 4.78 is 5.09. The van der Waals surface area contributed by atoms with Crippen molar-refractivity contribution in [3.63, 3.8) is 0 Å². The van der Waals surface area contributed by atoms with Gasteiger partial charge in [-0.15, -0.1) is 0 Å². The number of aliphatic hydroxyl groups is 1. The van der Waals surface area contributed by atoms with E-state index in [1.165, 1.54) is 6.26 Å². The number of pyridine rings is 1. The van der Waals surface area contributed by atoms with E-state index < -0.39 is 11.6 Å². The molecule has 2 aromatic rings. The molecular weight excluding hydrogens is 258 g/mol. The topological polar surface area (TPSA) is 78.9 Å². The maximum Gasteiger partial charge on any atom is 0.312 e. The molecule has 0 radical (unpaired) electrons. The molecule has 0 spiro atoms. The van der Waals surface area contributed by atoms with E-state index in [-0.39, 0.29) is 12.2 Å². The minimum absolute atomic E-state index is 0.135. The molecule has 1 atom stereocenters. The number of carbonyl (C=O) groups is 1. The summed E-state index contributed by atoms with van der Waals surface area (Å²) in [4.78, 5) is 16.3. The molecule has 1 aliphatic heterocycles. The zero-order chi connectivity index (χ0) is 14.2. The fraction of sp³-hybridized carbons (Fsp3) is 0.214. The second-order valence-electron chi connectivity index (χ2n) is 4.66. The maximum absolute atomic E-state index is 12.4. The molecule has 0 bridgehead atoms. The van der Waals surface area contributed by atoms with Crippen LogP contribution in [0.2, 0.25) is 0 Å². The lowest BCUT2D eigenvalue weighted by molar-refractivity contribution is -0.0776. The Balaban J connectivity index is 2.02. The van der Waals surface area contributed by atoms with Gasteiger partial charge in [0, 0.05) is 30.1 Å². The first kappa shape index (κ1) is 12.6. The van der Waals surface area contributed by atoms with Crippen LogP contribution in [0.15, 0.2) is 52.4 Å². The van der Waals surface area contributed by atoms with E-state index >= 15 is 0 Å². The highest BCUT2D eigenvalue weighted by Crippen LogP contribution is 2.35. The van der Waals surface area contributed by atoms with Crippen LogP contribution < -0.4 is 0 Å². The first-order chi connectivity index (χ1) is 9.61. The number of furan rings is 1. The van der Waals surface area contributed by atoms with Crippen LogP contribution in [0.25, 0.3) is 0 Å². The predicted octanol–water partition coefficient (Wildman–Crippen LogP) is 1.74. The van der Waals surface area contributed by atoms with Crippen LogP contribution in [0.4, 0.5) is 0 Å². The molecule has 102 valence electrons. The van der Waals surface area contributed by atoms with Crippen molar-refractivity contribution in [1.82, 2.24) is 9.99 Å². The summed E-state index contributed by atoms with van der Waals surface area (Å²) in [5.74, 6) is -0.345. The van der Waals surface area contributed by atoms with Gasteiger partial charge < -0.3 is 9.52 Å². The molecule has 0 saturated carbocycles. The van der Waals surface area contributed by atoms with Gasteiger partial charge in [0.1, 0.15) is 0 Å². The zero-order valence-electron chi connectivity index (χ0n) is 10.9. The summed E-state index contributed by atoms with van der Waals surface area (Å²) in [6.45, 7) is 1.77. The molecule has 6 heteroatoms. The molecular formula is C14H13N3O3. The molecule has 2 aromatic heterocycles. The third-order valence-corrected chi connectivity index (χ3v) is 3.19. The van der Waals surface area contributed by atoms with E-state index in [2.05, 4.69) is 10.1 Å². The van der Waals surface area contributed by atoms with Gasteiger partial charge in [-0.05, 0) is 31.2 Å². The highest BCUT2D eigenvalue weighted by molar-refractivity contribution is 5.95. The smallest absolute Gasteiger partial charge is 0.312 e. The molecule has 0 aromatic carbocycles. The molecule has 6 nitrogen and oxygen atoms in total. The van der Waals surface area contributed by atoms with E-state index in [0.717, 1.165) is 5.01 Å². The Bertz CT molecular complexity index is 652. The lowest BCUT2D eigenvalue weighted by atomic mass is 9.99. The van der Waals surface area contributed by atoms with Crippen molar-refractivity contribution in [1.29, 1.82) is 0 Å². The summed E-state index contributed by atoms with van der Waals surface area (Å²) in [5, 5.41) is 16.1. The SMILES string of the molecule is CC1=NN(C(=O)c2ccco2)[C@@](O)(c2ccncc2)C1. The fourth-order valence-corrected chi connectivity index (χ4v) is 2.28. The third-order valence-electron chi connectivity index (χ3n) is 3.19. The summed E-state index contributed by atoms with van der Waals surface area (Å²) in [5.41, 5.74) is -0.270. The highest BCUT2D eigenvalue weighted by atomic mass is 16.4. The molecule has 1 N–H and O–H groups in total. The highest BCUT2D eigenvalue weighted by Gasteiger charge is 2.45. The van der Waals surface area contributed by atoms with Gasteiger partial charge in [0.2, 0.25) is 0 Å². The molecule has 0 saturated heterocycles. The average Bonchev–Trinajstić information content (AvgIpc) is 3.08. The predicted molar refractivity (Wildman–Crippen MR) is 70.7 cm³/mol. The van der Waals surface area contributed by atoms with Gasteiger partial charge in [0.05, 0.1) is 6.26 Å². The van der Waals surface area contributed by atoms with Crippen LogP contribution in [0.5, 0.6) is 0 Å². The molecule has 0 fully saturated rings. The largest absolute Gasteiger partial charge is 0.459 e. The Morgan fingerprint density at radius 1 is 1.40 bits per heavy atom. The summed E-state index contributed by atoms with van der Waals surface area (Å²) in [6.07, 6.45) is 4.79. The second kappa shape index (κ2) is 4.57. The number of hydrazone groups is 1. The van der Waals surface area contributed by atoms with Crippen LogP contribution in [0.3, 0.4) is 0 Å². The number of aromatic nitrogens is 1. The molecule has 3 rings (SSSR count). The molecule has 20 heavy (non-hydrogen) atoms. The van der Waals surface area contributed by atoms with Crippen molar-refractivity contribution in [2.75, 3.05) is 0 Å². The Hall–Kier alpha value is -2.47. The normalized spacial score (nSPS) is 21.9. The number of hydrogen-bond acceptors (Lipinski definition) is 5. The van der Waals surface area contributed by atoms with Gasteiger partial charge in [0.15, 0.2) is 11.5 Å². The summed E-state index contributed by atoms with van der Waals surface area (Å²) >= 11 is 0. The van der Waals surface area contributed by atoms with Crippen molar-refractivity contribution in [2.45, 2.75) is 19.1 Å². The molecule has 1 amide bonds. The monoisotopic (exact) mass is 271 g/mol. The van der Waals surface area contributed by atoms with Gasteiger partial charge in [-0.2, -0.15) is 10.1 Å². The number of hydrogen-bond donors (Lipinski definition) is 1. The Morgan fingerprint density at radius 2 is 2.15 bits per heavy atom. The number of carbonyl (C=O) groups excluding carboxylic acids is 1. The van der Waals surface area contributed by atoms with Crippen molar-refractivity contribution < 1.29 is 14.3 Å². The Labute approximate surface area is 115 Å². The quantitative estimate of drug-likeness (QED) is 0.902. The molecule has 3 heterocycles. The van der Waals surface area contributed by atoms with Crippen molar-refractivity contribution in [3.8, 4) is 0 Å². The van der Waals surface area contributed by atoms with Gasteiger partial charge >= 0.3 is 5.91 Å². The molecule has 1 aliphatic rings. The van der Waals surface area contributed by atoms with Crippen molar-refractivity contribution in [3.05, 3.63) is 54.2 Å². The molecule has 0 unspecified atom stereocenters. The average molecular weight is 271 g/mol. The van der Waals surface area contributed by atoms with E-state index in [9.17, 15) is 9.90 Å². The van der Waals surface area contributed by atoms with Gasteiger partial charge in [-0.25, -0.2) is 0 Å². The van der Waals surface area contributed by atoms with Crippen LogP contribution in [-0.2, 0) is 5.72 Å². The van der Waals surface area contributed by atoms with Crippen molar-refractivity contribution >= 4 is 11.6 Å². The first-order valence-corrected chi connectivity index (χ1v) is 6.16. The zero-order valence-corrected chi connectivity index (χ0v) is 10.9. The standard InChI is InChI=1S/C14H13N3O3/c1-10-9-14(19,11-4-6-15-7-5-11)17(16-10)13(18)12-3-2-8-20-12/h2-8,19H,9H2,1H3/t14-/m0/s1. The minimum atomic E-state index is -1.50. The number of rotatable bonds is 2. The number of nitrogens with zero attached hydrogens (tertiary/aromatic N) is 3. The Morgan fingerprint density at radius 3 is 2.80 bits per heavy atom. The Kier molecular flexibility index (Phi) is 2.87. The molecule has 0 aliphatic carbocycles. The van der Waals surface area contributed by atoms with Gasteiger partial charge in [-0.3, -0.25) is 9.78 Å². The van der Waals surface area contributed by atoms with Crippen LogP contribution in [0, 0.1) is 0 Å². The van der Waals surface area contributed by atoms with Crippen LogP contribution in [0.1, 0.15) is 29.5 Å². The minimum Gasteiger partial charge on any atom is -0.459 e. The number of amides is 1. The first-order valence-electron chi connectivity index (χ1n) is 6.16. The lowest BCUT2D eigenvalue weighted by Gasteiger charge is -2.30. The van der Waals surface area contributed by atoms with E-state index in [4.69, 9.17) is 4.42 Å². The second-order valence-corrected chi connectivity index (χ2v) is 4.66. The fourth-order valence-electron chi connectivity index (χ4n) is 2.28. The van der Waals surface area contributed by atoms with Crippen molar-refractivity contribution in [2.24, 2.45) is 5.10 Å². The summed E-state index contributed by atoms with van der Waals surface area (Å²) in [6, 6.07) is 6.48. The summed E-state index contributed by atoms with van der Waals surface area (Å²) in [7, 11) is 0. The van der Waals surface area contributed by atoms with E-state index in [1.807, 2.05) is 0 Å². The van der Waals surface area contributed by atoms with Crippen LogP contribution in [-0.4, -0.2) is 26.7 Å².